The molecule has 42 heavy (non-hydrogen) atoms. The van der Waals surface area contributed by atoms with Gasteiger partial charge in [0.1, 0.15) is 24.7 Å². The number of hydrogen-bond donors (Lipinski definition) is 0. The van der Waals surface area contributed by atoms with Gasteiger partial charge in [-0.15, -0.1) is 5.10 Å². The van der Waals surface area contributed by atoms with E-state index in [1.54, 1.807) is 61.5 Å². The van der Waals surface area contributed by atoms with Gasteiger partial charge in [-0.2, -0.15) is 0 Å². The van der Waals surface area contributed by atoms with E-state index in [0.29, 0.717) is 40.4 Å². The van der Waals surface area contributed by atoms with Crippen LogP contribution in [0.25, 0.3) is 23.4 Å². The number of nitrogens with zero attached hydrogens (tertiary/aromatic N) is 4. The van der Waals surface area contributed by atoms with Crippen LogP contribution in [0.1, 0.15) is 36.4 Å². The topological polar surface area (TPSA) is 124 Å². The number of aryl methyl sites for hydroxylation is 1. The van der Waals surface area contributed by atoms with Crippen molar-refractivity contribution in [1.29, 1.82) is 0 Å². The molecule has 218 valence electrons. The molecule has 0 aliphatic carbocycles. The molecule has 0 aliphatic rings. The minimum atomic E-state index is -3.41. The van der Waals surface area contributed by atoms with Crippen molar-refractivity contribution in [3.8, 4) is 29.1 Å². The summed E-state index contributed by atoms with van der Waals surface area (Å²) in [5.74, 6) is 3.81. The number of oxazole rings is 1. The summed E-state index contributed by atoms with van der Waals surface area (Å²) in [6.45, 7) is 6.25. The summed E-state index contributed by atoms with van der Waals surface area (Å²) in [5.41, 5.74) is 2.92. The summed E-state index contributed by atoms with van der Waals surface area (Å²) in [6.07, 6.45) is 6.67. The third kappa shape index (κ3) is 7.25. The Hall–Kier alpha value is -4.44. The highest BCUT2D eigenvalue weighted by Gasteiger charge is 2.20. The van der Waals surface area contributed by atoms with E-state index in [2.05, 4.69) is 15.1 Å². The molecule has 0 atom stereocenters. The molecule has 0 spiro atoms. The number of para-hydroxylation sites is 1. The summed E-state index contributed by atoms with van der Waals surface area (Å²) in [6, 6.07) is 16.8. The summed E-state index contributed by atoms with van der Waals surface area (Å²) >= 11 is 0. The first-order valence-corrected chi connectivity index (χ1v) is 15.0. The molecule has 1 aromatic carbocycles. The maximum absolute atomic E-state index is 13.0. The van der Waals surface area contributed by atoms with Crippen LogP contribution >= 0.6 is 7.60 Å². The van der Waals surface area contributed by atoms with Crippen molar-refractivity contribution in [3.63, 3.8) is 0 Å². The maximum Gasteiger partial charge on any atom is 0.354 e. The van der Waals surface area contributed by atoms with E-state index in [1.165, 1.54) is 5.82 Å². The second-order valence-corrected chi connectivity index (χ2v) is 10.8. The van der Waals surface area contributed by atoms with Crippen LogP contribution in [0.4, 0.5) is 0 Å². The van der Waals surface area contributed by atoms with Crippen molar-refractivity contribution in [2.24, 2.45) is 0 Å². The fourth-order valence-electron chi connectivity index (χ4n) is 3.91. The molecule has 0 amide bonds. The highest BCUT2D eigenvalue weighted by molar-refractivity contribution is 7.57. The van der Waals surface area contributed by atoms with Gasteiger partial charge in [0, 0.05) is 29.8 Å². The quantitative estimate of drug-likeness (QED) is 0.122. The van der Waals surface area contributed by atoms with Gasteiger partial charge in [-0.3, -0.25) is 4.57 Å². The number of benzene rings is 1. The van der Waals surface area contributed by atoms with Gasteiger partial charge < -0.3 is 27.4 Å². The molecule has 11 nitrogen and oxygen atoms in total. The Kier molecular flexibility index (Phi) is 9.33. The van der Waals surface area contributed by atoms with Crippen LogP contribution in [0.5, 0.6) is 11.8 Å². The average molecular weight is 591 g/mol. The Morgan fingerprint density at radius 1 is 0.976 bits per heavy atom. The summed E-state index contributed by atoms with van der Waals surface area (Å²) < 4.78 is 48.3. The van der Waals surface area contributed by atoms with Crippen molar-refractivity contribution >= 4 is 13.7 Å². The second kappa shape index (κ2) is 13.5. The van der Waals surface area contributed by atoms with E-state index >= 15 is 0 Å². The fraction of sp³-hybridized carbons (Fsp3) is 0.233. The molecule has 5 aromatic rings. The van der Waals surface area contributed by atoms with E-state index in [1.807, 2.05) is 43.3 Å². The van der Waals surface area contributed by atoms with Crippen LogP contribution in [-0.4, -0.2) is 33.0 Å². The zero-order chi connectivity index (χ0) is 29.4. The monoisotopic (exact) mass is 590 g/mol. The van der Waals surface area contributed by atoms with Crippen molar-refractivity contribution in [3.05, 3.63) is 102 Å². The Balaban J connectivity index is 1.26. The predicted octanol–water partition coefficient (Wildman–Crippen LogP) is 7.22. The molecule has 4 aromatic heterocycles. The highest BCUT2D eigenvalue weighted by Crippen LogP contribution is 2.50. The van der Waals surface area contributed by atoms with Crippen molar-refractivity contribution in [2.45, 2.75) is 34.0 Å². The predicted molar refractivity (Wildman–Crippen MR) is 155 cm³/mol. The molecule has 0 fully saturated rings. The van der Waals surface area contributed by atoms with Crippen LogP contribution in [0, 0.1) is 6.92 Å². The average Bonchev–Trinajstić information content (AvgIpc) is 3.76. The van der Waals surface area contributed by atoms with Crippen molar-refractivity contribution in [2.75, 3.05) is 13.2 Å². The molecule has 0 aliphatic heterocycles. The molecule has 0 unspecified atom stereocenters. The molecular formula is C30H31N4O7P. The number of pyridine rings is 1. The maximum atomic E-state index is 13.0. The van der Waals surface area contributed by atoms with Gasteiger partial charge in [0.15, 0.2) is 5.76 Å². The largest absolute Gasteiger partial charge is 0.471 e. The van der Waals surface area contributed by atoms with Crippen LogP contribution in [0.2, 0.25) is 0 Å². The van der Waals surface area contributed by atoms with E-state index in [9.17, 15) is 4.57 Å². The van der Waals surface area contributed by atoms with E-state index in [4.69, 9.17) is 27.4 Å². The van der Waals surface area contributed by atoms with E-state index in [-0.39, 0.29) is 26.4 Å². The summed E-state index contributed by atoms with van der Waals surface area (Å²) in [5, 5.41) is 4.60. The molecule has 0 radical (unpaired) electrons. The van der Waals surface area contributed by atoms with E-state index in [0.717, 1.165) is 11.3 Å². The minimum Gasteiger partial charge on any atom is -0.471 e. The Bertz CT molecular complexity index is 1630. The summed E-state index contributed by atoms with van der Waals surface area (Å²) in [4.78, 5) is 8.84. The molecule has 5 rings (SSSR count). The van der Waals surface area contributed by atoms with Gasteiger partial charge in [0.05, 0.1) is 30.7 Å². The lowest BCUT2D eigenvalue weighted by Crippen LogP contribution is -2.01. The van der Waals surface area contributed by atoms with Gasteiger partial charge in [-0.1, -0.05) is 18.2 Å². The first-order valence-electron chi connectivity index (χ1n) is 13.4. The third-order valence-electron chi connectivity index (χ3n) is 5.94. The SMILES string of the molecule is CCOP(=O)(C=Cc1cn(-c2ccccc2)nc1OCc1ccc(OCc2nc(-c3ccco3)oc2C)nc1)OCC. The lowest BCUT2D eigenvalue weighted by molar-refractivity contribution is 0.229. The Morgan fingerprint density at radius 3 is 2.48 bits per heavy atom. The zero-order valence-corrected chi connectivity index (χ0v) is 24.4. The third-order valence-corrected chi connectivity index (χ3v) is 7.69. The fourth-order valence-corrected chi connectivity index (χ4v) is 5.22. The highest BCUT2D eigenvalue weighted by atomic mass is 31.2. The first-order chi connectivity index (χ1) is 20.5. The number of ether oxygens (including phenoxy) is 2. The normalized spacial score (nSPS) is 11.8. The molecule has 4 heterocycles. The lowest BCUT2D eigenvalue weighted by Gasteiger charge is -2.12. The van der Waals surface area contributed by atoms with Gasteiger partial charge in [0.2, 0.25) is 11.8 Å². The molecule has 0 saturated carbocycles. The standard InChI is InChI=1S/C30H31N4O7P/c1-4-39-42(35,40-5-2)17-15-24-19-34(25-10-7-6-8-11-25)33-29(24)38-20-23-13-14-28(31-18-23)37-21-26-22(3)41-30(32-26)27-12-9-16-36-27/h6-19H,4-5,20-21H2,1-3H3. The molecule has 0 N–H and O–H groups in total. The summed E-state index contributed by atoms with van der Waals surface area (Å²) in [7, 11) is -3.41. The molecule has 0 bridgehead atoms. The molecule has 0 saturated heterocycles. The zero-order valence-electron chi connectivity index (χ0n) is 23.5. The van der Waals surface area contributed by atoms with Crippen LogP contribution < -0.4 is 9.47 Å². The number of aromatic nitrogens is 4. The number of furan rings is 1. The smallest absolute Gasteiger partial charge is 0.354 e. The number of hydrogen-bond acceptors (Lipinski definition) is 10. The number of rotatable bonds is 14. The van der Waals surface area contributed by atoms with E-state index < -0.39 is 7.60 Å². The van der Waals surface area contributed by atoms with Crippen LogP contribution in [0.3, 0.4) is 0 Å². The van der Waals surface area contributed by atoms with Gasteiger partial charge in [-0.05, 0) is 57.2 Å². The van der Waals surface area contributed by atoms with Gasteiger partial charge in [-0.25, -0.2) is 14.6 Å². The Morgan fingerprint density at radius 2 is 1.79 bits per heavy atom. The van der Waals surface area contributed by atoms with Crippen LogP contribution in [-0.2, 0) is 26.8 Å². The molecular weight excluding hydrogens is 559 g/mol. The van der Waals surface area contributed by atoms with Crippen molar-refractivity contribution in [1.82, 2.24) is 19.7 Å². The van der Waals surface area contributed by atoms with Gasteiger partial charge >= 0.3 is 7.60 Å². The first kappa shape index (κ1) is 29.1. The Labute approximate surface area is 243 Å². The minimum absolute atomic E-state index is 0.193. The molecule has 12 heteroatoms. The van der Waals surface area contributed by atoms with Gasteiger partial charge in [0.25, 0.3) is 5.89 Å². The second-order valence-electron chi connectivity index (χ2n) is 8.94. The van der Waals surface area contributed by atoms with Crippen molar-refractivity contribution < 1.29 is 31.9 Å². The van der Waals surface area contributed by atoms with Crippen LogP contribution in [0.15, 0.2) is 87.9 Å². The lowest BCUT2D eigenvalue weighted by atomic mass is 10.3.